The maximum Gasteiger partial charge on any atom is 0.322 e. The van der Waals surface area contributed by atoms with Gasteiger partial charge in [-0.2, -0.15) is 5.10 Å². The van der Waals surface area contributed by atoms with Gasteiger partial charge < -0.3 is 19.7 Å². The summed E-state index contributed by atoms with van der Waals surface area (Å²) in [5.41, 5.74) is 4.30. The molecule has 8 heteroatoms. The fourth-order valence-corrected chi connectivity index (χ4v) is 3.79. The fraction of sp³-hybridized carbons (Fsp3) is 0.304. The highest BCUT2D eigenvalue weighted by Crippen LogP contribution is 2.26. The Morgan fingerprint density at radius 3 is 2.84 bits per heavy atom. The Balaban J connectivity index is 1.42. The molecule has 4 rings (SSSR count). The maximum absolute atomic E-state index is 13.3. The number of aryl methyl sites for hydroxylation is 1. The smallest absolute Gasteiger partial charge is 0.322 e. The first-order valence-corrected chi connectivity index (χ1v) is 10.1. The van der Waals surface area contributed by atoms with Crippen LogP contribution < -0.4 is 10.1 Å². The highest BCUT2D eigenvalue weighted by molar-refractivity contribution is 5.91. The lowest BCUT2D eigenvalue weighted by Gasteiger charge is -2.28. The number of halogens is 1. The van der Waals surface area contributed by atoms with Crippen molar-refractivity contribution < 1.29 is 18.7 Å². The molecule has 0 saturated carbocycles. The molecule has 2 aromatic carbocycles. The van der Waals surface area contributed by atoms with Crippen molar-refractivity contribution in [1.29, 1.82) is 0 Å². The van der Waals surface area contributed by atoms with Crippen molar-refractivity contribution >= 4 is 11.7 Å². The first kappa shape index (κ1) is 20.9. The fourth-order valence-electron chi connectivity index (χ4n) is 3.79. The summed E-state index contributed by atoms with van der Waals surface area (Å²) in [6, 6.07) is 13.5. The Kier molecular flexibility index (Phi) is 6.18. The minimum absolute atomic E-state index is 0.189. The molecule has 0 unspecified atom stereocenters. The lowest BCUT2D eigenvalue weighted by Crippen LogP contribution is -2.39. The highest BCUT2D eigenvalue weighted by atomic mass is 19.1. The van der Waals surface area contributed by atoms with Gasteiger partial charge in [0.15, 0.2) is 0 Å². The van der Waals surface area contributed by atoms with Crippen LogP contribution in [-0.2, 0) is 38.0 Å². The average molecular weight is 424 g/mol. The second kappa shape index (κ2) is 9.18. The molecule has 2 heterocycles. The number of carbonyl (C=O) groups is 1. The van der Waals surface area contributed by atoms with Crippen molar-refractivity contribution in [3.63, 3.8) is 0 Å². The number of aromatic nitrogens is 2. The van der Waals surface area contributed by atoms with Gasteiger partial charge in [-0.3, -0.25) is 4.68 Å². The van der Waals surface area contributed by atoms with E-state index in [1.54, 1.807) is 24.1 Å². The summed E-state index contributed by atoms with van der Waals surface area (Å²) in [6.07, 6.45) is 0.710. The third kappa shape index (κ3) is 4.69. The highest BCUT2D eigenvalue weighted by Gasteiger charge is 2.27. The van der Waals surface area contributed by atoms with Crippen molar-refractivity contribution in [2.75, 3.05) is 19.0 Å². The van der Waals surface area contributed by atoms with E-state index in [-0.39, 0.29) is 11.8 Å². The van der Waals surface area contributed by atoms with Gasteiger partial charge in [-0.15, -0.1) is 0 Å². The quantitative estimate of drug-likeness (QED) is 0.652. The summed E-state index contributed by atoms with van der Waals surface area (Å²) >= 11 is 0. The van der Waals surface area contributed by atoms with Crippen LogP contribution in [-0.4, -0.2) is 34.4 Å². The van der Waals surface area contributed by atoms with Gasteiger partial charge in [0.05, 0.1) is 38.2 Å². The number of carbonyl (C=O) groups excluding carboxylic acids is 1. The lowest BCUT2D eigenvalue weighted by molar-refractivity contribution is 0.103. The predicted octanol–water partition coefficient (Wildman–Crippen LogP) is 3.87. The molecule has 0 spiro atoms. The molecule has 1 N–H and O–H groups in total. The minimum Gasteiger partial charge on any atom is -0.495 e. The minimum atomic E-state index is -0.284. The zero-order valence-electron chi connectivity index (χ0n) is 17.6. The number of hydrogen-bond donors (Lipinski definition) is 1. The van der Waals surface area contributed by atoms with E-state index < -0.39 is 0 Å². The maximum atomic E-state index is 13.3. The van der Waals surface area contributed by atoms with Crippen LogP contribution in [0.1, 0.15) is 22.5 Å². The van der Waals surface area contributed by atoms with Crippen LogP contribution >= 0.6 is 0 Å². The molecule has 0 aliphatic carbocycles. The van der Waals surface area contributed by atoms with Crippen molar-refractivity contribution in [2.45, 2.75) is 26.2 Å². The molecule has 0 atom stereocenters. The molecule has 1 aliphatic heterocycles. The van der Waals surface area contributed by atoms with E-state index in [0.717, 1.165) is 22.5 Å². The molecule has 1 aromatic heterocycles. The third-order valence-electron chi connectivity index (χ3n) is 5.36. The van der Waals surface area contributed by atoms with E-state index in [9.17, 15) is 9.18 Å². The largest absolute Gasteiger partial charge is 0.495 e. The van der Waals surface area contributed by atoms with Gasteiger partial charge in [-0.25, -0.2) is 9.18 Å². The first-order valence-electron chi connectivity index (χ1n) is 10.1. The predicted molar refractivity (Wildman–Crippen MR) is 114 cm³/mol. The summed E-state index contributed by atoms with van der Waals surface area (Å²) in [6.45, 7) is 1.63. The van der Waals surface area contributed by atoms with Gasteiger partial charge >= 0.3 is 6.03 Å². The van der Waals surface area contributed by atoms with Crippen molar-refractivity contribution in [2.24, 2.45) is 7.05 Å². The van der Waals surface area contributed by atoms with Gasteiger partial charge in [0.25, 0.3) is 0 Å². The molecule has 2 amide bonds. The van der Waals surface area contributed by atoms with Crippen molar-refractivity contribution in [3.8, 4) is 5.75 Å². The summed E-state index contributed by atoms with van der Waals surface area (Å²) in [5.74, 6) is 0.328. The van der Waals surface area contributed by atoms with Crippen LogP contribution in [0.25, 0.3) is 0 Å². The molecule has 1 aliphatic rings. The number of para-hydroxylation sites is 2. The second-order valence-corrected chi connectivity index (χ2v) is 7.42. The number of urea groups is 1. The summed E-state index contributed by atoms with van der Waals surface area (Å²) in [4.78, 5) is 14.6. The van der Waals surface area contributed by atoms with Crippen LogP contribution in [0.15, 0.2) is 48.5 Å². The van der Waals surface area contributed by atoms with Crippen LogP contribution in [0.2, 0.25) is 0 Å². The number of fused-ring (bicyclic) bond motifs is 1. The number of nitrogens with one attached hydrogen (secondary N) is 1. The van der Waals surface area contributed by atoms with Crippen LogP contribution in [0.5, 0.6) is 5.75 Å². The topological polar surface area (TPSA) is 68.6 Å². The van der Waals surface area contributed by atoms with Gasteiger partial charge in [-0.05, 0) is 29.8 Å². The average Bonchev–Trinajstić information content (AvgIpc) is 3.09. The monoisotopic (exact) mass is 424 g/mol. The molecule has 162 valence electrons. The van der Waals surface area contributed by atoms with Gasteiger partial charge in [0.2, 0.25) is 0 Å². The Morgan fingerprint density at radius 1 is 1.19 bits per heavy atom. The van der Waals surface area contributed by atoms with Crippen LogP contribution in [0.4, 0.5) is 14.9 Å². The molecular formula is C23H25FN4O3. The van der Waals surface area contributed by atoms with Gasteiger partial charge in [0.1, 0.15) is 11.6 Å². The molecule has 0 radical (unpaired) electrons. The lowest BCUT2D eigenvalue weighted by atomic mass is 10.1. The number of benzene rings is 2. The number of anilines is 1. The molecule has 0 fully saturated rings. The Morgan fingerprint density at radius 2 is 2.03 bits per heavy atom. The summed E-state index contributed by atoms with van der Waals surface area (Å²) in [7, 11) is 3.48. The number of hydrogen-bond acceptors (Lipinski definition) is 4. The van der Waals surface area contributed by atoms with Crippen molar-refractivity contribution in [1.82, 2.24) is 14.7 Å². The second-order valence-electron chi connectivity index (χ2n) is 7.42. The molecular weight excluding hydrogens is 399 g/mol. The van der Waals surface area contributed by atoms with E-state index in [1.807, 2.05) is 36.0 Å². The van der Waals surface area contributed by atoms with E-state index in [2.05, 4.69) is 10.4 Å². The molecule has 0 saturated heterocycles. The Hall–Kier alpha value is -3.39. The molecule has 0 bridgehead atoms. The number of nitrogens with zero attached hydrogens (tertiary/aromatic N) is 3. The Labute approximate surface area is 180 Å². The van der Waals surface area contributed by atoms with Crippen molar-refractivity contribution in [3.05, 3.63) is 76.9 Å². The van der Waals surface area contributed by atoms with E-state index in [4.69, 9.17) is 9.47 Å². The first-order chi connectivity index (χ1) is 15.0. The molecule has 31 heavy (non-hydrogen) atoms. The Bertz CT molecular complexity index is 1080. The zero-order valence-corrected chi connectivity index (χ0v) is 17.6. The van der Waals surface area contributed by atoms with E-state index in [0.29, 0.717) is 44.2 Å². The molecule has 7 nitrogen and oxygen atoms in total. The SMILES string of the molecule is COc1ccccc1NC(=O)N1CCc2c(c(COCc3cccc(F)c3)nn2C)C1. The third-order valence-corrected chi connectivity index (χ3v) is 5.36. The standard InChI is InChI=1S/C23H25FN4O3/c1-27-21-10-11-28(23(29)25-19-8-3-4-9-22(19)30-2)13-18(21)20(26-27)15-31-14-16-6-5-7-17(24)12-16/h3-9,12H,10-11,13-15H2,1-2H3,(H,25,29). The summed E-state index contributed by atoms with van der Waals surface area (Å²) < 4.78 is 26.3. The van der Waals surface area contributed by atoms with Gasteiger partial charge in [0, 0.05) is 31.3 Å². The van der Waals surface area contributed by atoms with Crippen LogP contribution in [0.3, 0.4) is 0 Å². The molecule has 3 aromatic rings. The zero-order chi connectivity index (χ0) is 21.8. The number of amides is 2. The van der Waals surface area contributed by atoms with E-state index in [1.165, 1.54) is 12.1 Å². The van der Waals surface area contributed by atoms with Gasteiger partial charge in [-0.1, -0.05) is 24.3 Å². The summed E-state index contributed by atoms with van der Waals surface area (Å²) in [5, 5.41) is 7.51. The number of ether oxygens (including phenoxy) is 2. The number of methoxy groups -OCH3 is 1. The normalized spacial score (nSPS) is 13.1. The van der Waals surface area contributed by atoms with Crippen LogP contribution in [0, 0.1) is 5.82 Å². The van der Waals surface area contributed by atoms with E-state index >= 15 is 0 Å². The number of rotatable bonds is 6.